The van der Waals surface area contributed by atoms with Gasteiger partial charge in [0.05, 0.1) is 50.5 Å². The number of piperidine rings is 2. The molecule has 1 aromatic carbocycles. The number of nitrogens with zero attached hydrogens (tertiary/aromatic N) is 2. The van der Waals surface area contributed by atoms with Gasteiger partial charge in [0.2, 0.25) is 5.91 Å². The minimum Gasteiger partial charge on any atom is -0.493 e. The quantitative estimate of drug-likeness (QED) is 0.534. The number of anilines is 1. The fourth-order valence-electron chi connectivity index (χ4n) is 7.89. The number of halogens is 1. The zero-order valence-corrected chi connectivity index (χ0v) is 17.9. The van der Waals surface area contributed by atoms with Gasteiger partial charge in [-0.2, -0.15) is 0 Å². The van der Waals surface area contributed by atoms with E-state index < -0.39 is 0 Å². The normalized spacial score (nSPS) is 42.6. The van der Waals surface area contributed by atoms with Crippen LogP contribution in [0.2, 0.25) is 0 Å². The second-order valence-electron chi connectivity index (χ2n) is 9.54. The van der Waals surface area contributed by atoms with Crippen LogP contribution in [0.15, 0.2) is 23.8 Å². The molecule has 1 saturated carbocycles. The lowest BCUT2D eigenvalue weighted by Crippen LogP contribution is -2.72. The average molecular weight is 429 g/mol. The number of benzene rings is 1. The topological polar surface area (TPSA) is 51.2 Å². The maximum absolute atomic E-state index is 13.5. The summed E-state index contributed by atoms with van der Waals surface area (Å²) < 4.78 is 17.6. The summed E-state index contributed by atoms with van der Waals surface area (Å²) in [5.41, 5.74) is 3.41. The van der Waals surface area contributed by atoms with Crippen molar-refractivity contribution in [2.24, 2.45) is 11.8 Å². The van der Waals surface area contributed by atoms with Crippen molar-refractivity contribution >= 4 is 23.2 Å². The van der Waals surface area contributed by atoms with Crippen molar-refractivity contribution in [3.63, 3.8) is 0 Å². The first-order valence-corrected chi connectivity index (χ1v) is 11.3. The Kier molecular flexibility index (Phi) is 3.41. The van der Waals surface area contributed by atoms with Crippen LogP contribution in [0.25, 0.3) is 0 Å². The second kappa shape index (κ2) is 5.72. The zero-order valence-electron chi connectivity index (χ0n) is 17.1. The molecule has 1 aromatic rings. The second-order valence-corrected chi connectivity index (χ2v) is 10.0. The van der Waals surface area contributed by atoms with Crippen LogP contribution < -0.4 is 14.4 Å². The number of rotatable bonds is 2. The highest BCUT2D eigenvalue weighted by molar-refractivity contribution is 6.22. The Morgan fingerprint density at radius 1 is 1.20 bits per heavy atom. The standard InChI is InChI=1S/C23H25ClN2O4/c1-28-14-7-12-13(8-15(14)29-2)26-17(27)9-16-19-18-11(3-6-30-16)10-25-5-4-23(12,21(19)26)22(25)20(18)24/h3,7-8,16,18-22H,4-6,9-10H2,1-2H3/t16-,18-,19+,20?,21-,22-,23-/m0/s1. The van der Waals surface area contributed by atoms with E-state index in [1.54, 1.807) is 14.2 Å². The van der Waals surface area contributed by atoms with Crippen LogP contribution in [0.1, 0.15) is 18.4 Å². The Bertz CT molecular complexity index is 1010. The monoisotopic (exact) mass is 428 g/mol. The Balaban J connectivity index is 1.54. The molecule has 0 radical (unpaired) electrons. The number of hydrogen-bond donors (Lipinski definition) is 0. The number of carbonyl (C=O) groups excluding carboxylic acids is 1. The first kappa shape index (κ1) is 17.9. The fourth-order valence-corrected chi connectivity index (χ4v) is 8.61. The van der Waals surface area contributed by atoms with Gasteiger partial charge in [0.15, 0.2) is 11.5 Å². The van der Waals surface area contributed by atoms with E-state index in [1.165, 1.54) is 11.1 Å². The van der Waals surface area contributed by atoms with E-state index in [0.717, 1.165) is 30.9 Å². The molecular formula is C23H25ClN2O4. The lowest BCUT2D eigenvalue weighted by Gasteiger charge is -2.60. The largest absolute Gasteiger partial charge is 0.493 e. The molecule has 5 aliphatic heterocycles. The third-order valence-corrected chi connectivity index (χ3v) is 9.28. The average Bonchev–Trinajstić information content (AvgIpc) is 3.20. The molecule has 1 spiro atoms. The number of alkyl halides is 1. The van der Waals surface area contributed by atoms with Gasteiger partial charge < -0.3 is 19.1 Å². The minimum absolute atomic E-state index is 0.0204. The molecule has 2 bridgehead atoms. The van der Waals surface area contributed by atoms with Gasteiger partial charge in [0.25, 0.3) is 0 Å². The Morgan fingerprint density at radius 3 is 2.80 bits per heavy atom. The van der Waals surface area contributed by atoms with Crippen molar-refractivity contribution in [1.82, 2.24) is 4.90 Å². The van der Waals surface area contributed by atoms with Gasteiger partial charge >= 0.3 is 0 Å². The van der Waals surface area contributed by atoms with Gasteiger partial charge in [0, 0.05) is 35.9 Å². The minimum atomic E-state index is -0.184. The number of amides is 1. The van der Waals surface area contributed by atoms with Gasteiger partial charge in [-0.25, -0.2) is 0 Å². The van der Waals surface area contributed by atoms with Crippen molar-refractivity contribution in [3.05, 3.63) is 29.3 Å². The predicted octanol–water partition coefficient (Wildman–Crippen LogP) is 2.33. The molecule has 1 aliphatic carbocycles. The Labute approximate surface area is 180 Å². The third-order valence-electron chi connectivity index (χ3n) is 8.77. The van der Waals surface area contributed by atoms with E-state index in [4.69, 9.17) is 25.8 Å². The van der Waals surface area contributed by atoms with Crippen LogP contribution in [0, 0.1) is 11.8 Å². The maximum atomic E-state index is 13.5. The van der Waals surface area contributed by atoms with Crippen LogP contribution in [-0.2, 0) is 14.9 Å². The summed E-state index contributed by atoms with van der Waals surface area (Å²) in [6, 6.07) is 4.41. The van der Waals surface area contributed by atoms with Gasteiger partial charge in [0.1, 0.15) is 0 Å². The van der Waals surface area contributed by atoms with Gasteiger partial charge in [-0.05, 0) is 24.6 Å². The zero-order chi connectivity index (χ0) is 20.4. The van der Waals surface area contributed by atoms with Gasteiger partial charge in [-0.3, -0.25) is 9.69 Å². The highest BCUT2D eigenvalue weighted by atomic mass is 35.5. The SMILES string of the molecule is COc1cc2c(cc1OC)[C@@]13CCN4CC5=CCO[C@H]6CC(=O)N2[C@H]1[C@H]6[C@H]5C(Cl)[C@H]43. The summed E-state index contributed by atoms with van der Waals surface area (Å²) >= 11 is 7.33. The molecule has 5 heterocycles. The Morgan fingerprint density at radius 2 is 2.00 bits per heavy atom. The highest BCUT2D eigenvalue weighted by Gasteiger charge is 2.73. The maximum Gasteiger partial charge on any atom is 0.229 e. The molecule has 158 valence electrons. The molecule has 6 aliphatic rings. The van der Waals surface area contributed by atoms with Crippen LogP contribution in [0.3, 0.4) is 0 Å². The van der Waals surface area contributed by atoms with E-state index >= 15 is 0 Å². The van der Waals surface area contributed by atoms with Crippen LogP contribution in [-0.4, -0.2) is 68.3 Å². The van der Waals surface area contributed by atoms with Gasteiger partial charge in [-0.1, -0.05) is 11.6 Å². The Hall–Kier alpha value is -1.76. The summed E-state index contributed by atoms with van der Waals surface area (Å²) in [5.74, 6) is 2.03. The lowest BCUT2D eigenvalue weighted by molar-refractivity contribution is -0.132. The fraction of sp³-hybridized carbons (Fsp3) is 0.609. The molecule has 0 N–H and O–H groups in total. The van der Waals surface area contributed by atoms with E-state index in [0.29, 0.717) is 18.8 Å². The van der Waals surface area contributed by atoms with Gasteiger partial charge in [-0.15, -0.1) is 11.6 Å². The van der Waals surface area contributed by atoms with E-state index in [9.17, 15) is 4.79 Å². The number of ether oxygens (including phenoxy) is 3. The molecule has 30 heavy (non-hydrogen) atoms. The lowest BCUT2D eigenvalue weighted by atomic mass is 9.53. The molecular weight excluding hydrogens is 404 g/mol. The molecule has 7 atom stereocenters. The molecule has 1 unspecified atom stereocenters. The van der Waals surface area contributed by atoms with Crippen molar-refractivity contribution in [2.45, 2.75) is 41.8 Å². The molecule has 1 amide bonds. The van der Waals surface area contributed by atoms with E-state index in [-0.39, 0.29) is 46.7 Å². The smallest absolute Gasteiger partial charge is 0.229 e. The molecule has 6 nitrogen and oxygen atoms in total. The first-order chi connectivity index (χ1) is 14.6. The highest BCUT2D eigenvalue weighted by Crippen LogP contribution is 2.67. The summed E-state index contributed by atoms with van der Waals surface area (Å²) in [6.07, 6.45) is 3.59. The van der Waals surface area contributed by atoms with Crippen molar-refractivity contribution in [1.29, 1.82) is 0 Å². The number of carbonyl (C=O) groups is 1. The number of fused-ring (bicyclic) bond motifs is 2. The van der Waals surface area contributed by atoms with Crippen LogP contribution in [0.5, 0.6) is 11.5 Å². The van der Waals surface area contributed by atoms with Crippen LogP contribution >= 0.6 is 11.6 Å². The first-order valence-electron chi connectivity index (χ1n) is 10.9. The summed E-state index contributed by atoms with van der Waals surface area (Å²) in [4.78, 5) is 18.1. The number of methoxy groups -OCH3 is 2. The summed E-state index contributed by atoms with van der Waals surface area (Å²) in [5, 5.41) is 0.0204. The summed E-state index contributed by atoms with van der Waals surface area (Å²) in [6.45, 7) is 2.55. The summed E-state index contributed by atoms with van der Waals surface area (Å²) in [7, 11) is 3.32. The third kappa shape index (κ3) is 1.80. The van der Waals surface area contributed by atoms with E-state index in [1.807, 2.05) is 6.07 Å². The van der Waals surface area contributed by atoms with Crippen molar-refractivity contribution < 1.29 is 19.0 Å². The molecule has 7 rings (SSSR count). The molecule has 0 aromatic heterocycles. The van der Waals surface area contributed by atoms with Crippen molar-refractivity contribution in [2.75, 3.05) is 38.8 Å². The van der Waals surface area contributed by atoms with Crippen LogP contribution in [0.4, 0.5) is 5.69 Å². The molecule has 3 saturated heterocycles. The number of hydrogen-bond acceptors (Lipinski definition) is 5. The predicted molar refractivity (Wildman–Crippen MR) is 112 cm³/mol. The van der Waals surface area contributed by atoms with Crippen molar-refractivity contribution in [3.8, 4) is 11.5 Å². The van der Waals surface area contributed by atoms with E-state index in [2.05, 4.69) is 21.9 Å². The molecule has 7 heteroatoms. The molecule has 4 fully saturated rings.